The van der Waals surface area contributed by atoms with Crippen molar-refractivity contribution >= 4 is 5.97 Å². The van der Waals surface area contributed by atoms with Crippen molar-refractivity contribution in [1.82, 2.24) is 4.98 Å². The molecule has 4 heteroatoms. The number of aliphatic hydroxyl groups is 1. The zero-order chi connectivity index (χ0) is 24.7. The molecule has 0 saturated carbocycles. The van der Waals surface area contributed by atoms with Crippen LogP contribution in [0, 0.1) is 13.8 Å². The summed E-state index contributed by atoms with van der Waals surface area (Å²) in [6.07, 6.45) is 8.60. The molecule has 3 aromatic rings. The van der Waals surface area contributed by atoms with Crippen molar-refractivity contribution in [2.75, 3.05) is 0 Å². The lowest BCUT2D eigenvalue weighted by molar-refractivity contribution is -0.136. The summed E-state index contributed by atoms with van der Waals surface area (Å²) in [4.78, 5) is 15.3. The Kier molecular flexibility index (Phi) is 8.62. The molecule has 1 aromatic heterocycles. The van der Waals surface area contributed by atoms with Crippen molar-refractivity contribution in [2.24, 2.45) is 0 Å². The third kappa shape index (κ3) is 6.77. The van der Waals surface area contributed by atoms with E-state index in [0.717, 1.165) is 55.2 Å². The SMILES string of the molecule is CCCC(O)(CC)CCc1ccc(Cc2ccc(-c3cncc(CC(=O)O)c3)c(C)c2)cc1C. The van der Waals surface area contributed by atoms with Crippen LogP contribution in [0.4, 0.5) is 0 Å². The van der Waals surface area contributed by atoms with Gasteiger partial charge in [-0.25, -0.2) is 0 Å². The summed E-state index contributed by atoms with van der Waals surface area (Å²) in [6, 6.07) is 15.0. The van der Waals surface area contributed by atoms with Crippen LogP contribution in [0.25, 0.3) is 11.1 Å². The van der Waals surface area contributed by atoms with Crippen LogP contribution in [-0.4, -0.2) is 26.8 Å². The minimum Gasteiger partial charge on any atom is -0.481 e. The van der Waals surface area contributed by atoms with Gasteiger partial charge in [-0.05, 0) is 91.0 Å². The maximum atomic E-state index is 11.0. The average Bonchev–Trinajstić information content (AvgIpc) is 2.78. The number of benzene rings is 2. The van der Waals surface area contributed by atoms with Crippen molar-refractivity contribution in [3.8, 4) is 11.1 Å². The zero-order valence-corrected chi connectivity index (χ0v) is 20.9. The highest BCUT2D eigenvalue weighted by atomic mass is 16.4. The first-order valence-electron chi connectivity index (χ1n) is 12.3. The van der Waals surface area contributed by atoms with Gasteiger partial charge < -0.3 is 10.2 Å². The summed E-state index contributed by atoms with van der Waals surface area (Å²) in [5, 5.41) is 19.8. The summed E-state index contributed by atoms with van der Waals surface area (Å²) in [7, 11) is 0. The summed E-state index contributed by atoms with van der Waals surface area (Å²) in [5.74, 6) is -0.852. The molecule has 1 unspecified atom stereocenters. The Labute approximate surface area is 203 Å². The van der Waals surface area contributed by atoms with E-state index in [9.17, 15) is 9.90 Å². The molecule has 0 spiro atoms. The minimum absolute atomic E-state index is 0.0242. The molecule has 0 aliphatic carbocycles. The molecule has 0 fully saturated rings. The topological polar surface area (TPSA) is 70.4 Å². The largest absolute Gasteiger partial charge is 0.481 e. The highest BCUT2D eigenvalue weighted by molar-refractivity contribution is 5.72. The number of aliphatic carboxylic acids is 1. The van der Waals surface area contributed by atoms with Gasteiger partial charge in [0.05, 0.1) is 12.0 Å². The predicted molar refractivity (Wildman–Crippen MR) is 138 cm³/mol. The Balaban J connectivity index is 1.71. The Hall–Kier alpha value is -2.98. The first-order chi connectivity index (χ1) is 16.2. The third-order valence-corrected chi connectivity index (χ3v) is 6.80. The molecule has 0 amide bonds. The van der Waals surface area contributed by atoms with Crippen molar-refractivity contribution in [2.45, 2.75) is 78.2 Å². The lowest BCUT2D eigenvalue weighted by atomic mass is 9.87. The fraction of sp³-hybridized carbons (Fsp3) is 0.400. The molecular formula is C30H37NO3. The molecule has 2 aromatic carbocycles. The van der Waals surface area contributed by atoms with E-state index in [2.05, 4.69) is 69.1 Å². The fourth-order valence-electron chi connectivity index (χ4n) is 4.76. The van der Waals surface area contributed by atoms with Crippen LogP contribution in [0.15, 0.2) is 54.9 Å². The number of carbonyl (C=O) groups is 1. The van der Waals surface area contributed by atoms with Gasteiger partial charge >= 0.3 is 5.97 Å². The monoisotopic (exact) mass is 459 g/mol. The molecule has 0 saturated heterocycles. The van der Waals surface area contributed by atoms with Crippen LogP contribution in [0.2, 0.25) is 0 Å². The van der Waals surface area contributed by atoms with Crippen molar-refractivity contribution in [3.05, 3.63) is 88.2 Å². The van der Waals surface area contributed by atoms with Crippen LogP contribution in [0.3, 0.4) is 0 Å². The standard InChI is InChI=1S/C30H37NO3/c1-5-12-30(34,6-2)13-11-26-9-7-23(14-21(26)3)16-24-8-10-28(22(4)15-24)27-17-25(18-29(32)33)19-31-20-27/h7-10,14-15,17,19-20,34H,5-6,11-13,16,18H2,1-4H3,(H,32,33). The van der Waals surface area contributed by atoms with E-state index in [1.54, 1.807) is 12.4 Å². The number of aromatic nitrogens is 1. The van der Waals surface area contributed by atoms with Crippen molar-refractivity contribution in [1.29, 1.82) is 0 Å². The van der Waals surface area contributed by atoms with E-state index in [1.807, 2.05) is 6.07 Å². The van der Waals surface area contributed by atoms with Gasteiger partial charge in [-0.1, -0.05) is 56.7 Å². The van der Waals surface area contributed by atoms with Gasteiger partial charge in [0.2, 0.25) is 0 Å². The van der Waals surface area contributed by atoms with Gasteiger partial charge in [-0.15, -0.1) is 0 Å². The van der Waals surface area contributed by atoms with Crippen molar-refractivity contribution < 1.29 is 15.0 Å². The first-order valence-corrected chi connectivity index (χ1v) is 12.3. The number of nitrogens with zero attached hydrogens (tertiary/aromatic N) is 1. The number of carboxylic acids is 1. The Morgan fingerprint density at radius 2 is 1.62 bits per heavy atom. The predicted octanol–water partition coefficient (Wildman–Crippen LogP) is 6.46. The average molecular weight is 460 g/mol. The molecule has 4 nitrogen and oxygen atoms in total. The van der Waals surface area contributed by atoms with Crippen LogP contribution in [-0.2, 0) is 24.1 Å². The lowest BCUT2D eigenvalue weighted by Crippen LogP contribution is -2.28. The first kappa shape index (κ1) is 25.6. The second kappa shape index (κ2) is 11.4. The number of hydrogen-bond acceptors (Lipinski definition) is 3. The molecule has 0 radical (unpaired) electrons. The molecule has 0 aliphatic heterocycles. The quantitative estimate of drug-likeness (QED) is 0.345. The summed E-state index contributed by atoms with van der Waals surface area (Å²) in [6.45, 7) is 8.45. The second-order valence-electron chi connectivity index (χ2n) is 9.57. The summed E-state index contributed by atoms with van der Waals surface area (Å²) < 4.78 is 0. The van der Waals surface area contributed by atoms with Gasteiger partial charge in [0.25, 0.3) is 0 Å². The smallest absolute Gasteiger partial charge is 0.307 e. The van der Waals surface area contributed by atoms with E-state index < -0.39 is 11.6 Å². The number of aryl methyl sites for hydroxylation is 3. The Bertz CT molecular complexity index is 1140. The number of rotatable bonds is 11. The van der Waals surface area contributed by atoms with E-state index in [-0.39, 0.29) is 6.42 Å². The molecule has 0 aliphatic rings. The molecule has 180 valence electrons. The maximum Gasteiger partial charge on any atom is 0.307 e. The summed E-state index contributed by atoms with van der Waals surface area (Å²) >= 11 is 0. The van der Waals surface area contributed by atoms with E-state index in [1.165, 1.54) is 22.3 Å². The molecule has 2 N–H and O–H groups in total. The van der Waals surface area contributed by atoms with Crippen LogP contribution >= 0.6 is 0 Å². The van der Waals surface area contributed by atoms with Gasteiger partial charge in [-0.3, -0.25) is 9.78 Å². The third-order valence-electron chi connectivity index (χ3n) is 6.80. The lowest BCUT2D eigenvalue weighted by Gasteiger charge is -2.26. The zero-order valence-electron chi connectivity index (χ0n) is 20.9. The minimum atomic E-state index is -0.852. The molecular weight excluding hydrogens is 422 g/mol. The van der Waals surface area contributed by atoms with E-state index >= 15 is 0 Å². The highest BCUT2D eigenvalue weighted by Gasteiger charge is 2.23. The van der Waals surface area contributed by atoms with Gasteiger partial charge in [-0.2, -0.15) is 0 Å². The molecule has 1 atom stereocenters. The molecule has 34 heavy (non-hydrogen) atoms. The normalized spacial score (nSPS) is 13.0. The summed E-state index contributed by atoms with van der Waals surface area (Å²) in [5.41, 5.74) is 8.43. The van der Waals surface area contributed by atoms with Crippen LogP contribution < -0.4 is 0 Å². The second-order valence-corrected chi connectivity index (χ2v) is 9.57. The fourth-order valence-corrected chi connectivity index (χ4v) is 4.76. The van der Waals surface area contributed by atoms with Crippen LogP contribution in [0.1, 0.15) is 72.9 Å². The highest BCUT2D eigenvalue weighted by Crippen LogP contribution is 2.27. The maximum absolute atomic E-state index is 11.0. The van der Waals surface area contributed by atoms with E-state index in [4.69, 9.17) is 5.11 Å². The number of hydrogen-bond donors (Lipinski definition) is 2. The van der Waals surface area contributed by atoms with Gasteiger partial charge in [0.1, 0.15) is 0 Å². The van der Waals surface area contributed by atoms with Crippen molar-refractivity contribution in [3.63, 3.8) is 0 Å². The number of pyridine rings is 1. The van der Waals surface area contributed by atoms with Gasteiger partial charge in [0.15, 0.2) is 0 Å². The Morgan fingerprint density at radius 1 is 0.912 bits per heavy atom. The van der Waals surface area contributed by atoms with Gasteiger partial charge in [0, 0.05) is 18.0 Å². The molecule has 3 rings (SSSR count). The van der Waals surface area contributed by atoms with E-state index in [0.29, 0.717) is 5.56 Å². The number of carboxylic acid groups (broad SMARTS) is 1. The molecule has 0 bridgehead atoms. The Morgan fingerprint density at radius 3 is 2.24 bits per heavy atom. The van der Waals surface area contributed by atoms with Crippen LogP contribution in [0.5, 0.6) is 0 Å². The molecule has 1 heterocycles.